The first kappa shape index (κ1) is 13.0. The monoisotopic (exact) mass is 247 g/mol. The number of carbonyl (C=O) groups is 1. The number of rotatable bonds is 4. The van der Waals surface area contributed by atoms with E-state index in [0.717, 1.165) is 24.8 Å². The molecule has 0 aliphatic heterocycles. The van der Waals surface area contributed by atoms with Crippen LogP contribution >= 0.6 is 0 Å². The summed E-state index contributed by atoms with van der Waals surface area (Å²) in [5, 5.41) is 0. The lowest BCUT2D eigenvalue weighted by Crippen LogP contribution is -2.36. The highest BCUT2D eigenvalue weighted by Crippen LogP contribution is 2.32. The summed E-state index contributed by atoms with van der Waals surface area (Å²) >= 11 is 0. The fourth-order valence-corrected chi connectivity index (χ4v) is 2.77. The minimum atomic E-state index is 0.122. The maximum Gasteiger partial charge on any atom is 0.226 e. The molecule has 1 amide bonds. The number of pyridine rings is 1. The van der Waals surface area contributed by atoms with E-state index < -0.39 is 0 Å². The molecular weight excluding hydrogens is 226 g/mol. The lowest BCUT2D eigenvalue weighted by Gasteiger charge is -2.24. The average molecular weight is 247 g/mol. The molecule has 1 aliphatic carbocycles. The molecule has 0 spiro atoms. The molecular formula is C14H21N3O. The highest BCUT2D eigenvalue weighted by atomic mass is 16.2. The molecule has 1 heterocycles. The van der Waals surface area contributed by atoms with Crippen molar-refractivity contribution in [3.63, 3.8) is 0 Å². The predicted octanol–water partition coefficient (Wildman–Crippen LogP) is 1.41. The van der Waals surface area contributed by atoms with Gasteiger partial charge in [0.25, 0.3) is 0 Å². The molecule has 0 unspecified atom stereocenters. The van der Waals surface area contributed by atoms with Crippen LogP contribution in [0.1, 0.15) is 24.8 Å². The third-order valence-corrected chi connectivity index (χ3v) is 3.80. The van der Waals surface area contributed by atoms with Gasteiger partial charge < -0.3 is 10.6 Å². The number of nitrogens with two attached hydrogens (primary N) is 1. The van der Waals surface area contributed by atoms with Crippen LogP contribution in [0, 0.1) is 11.8 Å². The molecule has 1 aromatic heterocycles. The van der Waals surface area contributed by atoms with Crippen LogP contribution in [0.3, 0.4) is 0 Å². The summed E-state index contributed by atoms with van der Waals surface area (Å²) in [6.07, 6.45) is 6.75. The van der Waals surface area contributed by atoms with E-state index in [1.54, 1.807) is 17.3 Å². The Morgan fingerprint density at radius 3 is 3.06 bits per heavy atom. The topological polar surface area (TPSA) is 59.2 Å². The van der Waals surface area contributed by atoms with Crippen molar-refractivity contribution in [2.75, 3.05) is 13.6 Å². The van der Waals surface area contributed by atoms with Crippen molar-refractivity contribution in [3.05, 3.63) is 30.1 Å². The van der Waals surface area contributed by atoms with E-state index in [-0.39, 0.29) is 11.8 Å². The van der Waals surface area contributed by atoms with E-state index in [1.807, 2.05) is 19.2 Å². The van der Waals surface area contributed by atoms with Crippen LogP contribution < -0.4 is 5.73 Å². The second-order valence-corrected chi connectivity index (χ2v) is 5.09. The Balaban J connectivity index is 1.96. The quantitative estimate of drug-likeness (QED) is 0.875. The molecule has 0 saturated heterocycles. The van der Waals surface area contributed by atoms with Gasteiger partial charge in [0.2, 0.25) is 5.91 Å². The van der Waals surface area contributed by atoms with E-state index in [4.69, 9.17) is 5.73 Å². The zero-order chi connectivity index (χ0) is 13.0. The van der Waals surface area contributed by atoms with Gasteiger partial charge in [0.05, 0.1) is 0 Å². The Bertz CT molecular complexity index is 393. The Morgan fingerprint density at radius 2 is 2.39 bits per heavy atom. The molecule has 1 aliphatic rings. The Kier molecular flexibility index (Phi) is 4.31. The van der Waals surface area contributed by atoms with Gasteiger partial charge in [-0.25, -0.2) is 0 Å². The third-order valence-electron chi connectivity index (χ3n) is 3.80. The fraction of sp³-hybridized carbons (Fsp3) is 0.571. The van der Waals surface area contributed by atoms with Crippen LogP contribution in [-0.2, 0) is 11.3 Å². The molecule has 18 heavy (non-hydrogen) atoms. The van der Waals surface area contributed by atoms with Gasteiger partial charge in [-0.1, -0.05) is 12.5 Å². The molecule has 0 radical (unpaired) electrons. The van der Waals surface area contributed by atoms with Crippen LogP contribution in [0.25, 0.3) is 0 Å². The van der Waals surface area contributed by atoms with Crippen molar-refractivity contribution in [2.24, 2.45) is 17.6 Å². The zero-order valence-corrected chi connectivity index (χ0v) is 10.9. The fourth-order valence-electron chi connectivity index (χ4n) is 2.77. The molecule has 4 nitrogen and oxygen atoms in total. The Labute approximate surface area is 108 Å². The summed E-state index contributed by atoms with van der Waals surface area (Å²) in [5.41, 5.74) is 6.80. The third kappa shape index (κ3) is 2.88. The summed E-state index contributed by atoms with van der Waals surface area (Å²) in [6, 6.07) is 3.89. The van der Waals surface area contributed by atoms with E-state index in [2.05, 4.69) is 4.98 Å². The van der Waals surface area contributed by atoms with Gasteiger partial charge in [-0.3, -0.25) is 9.78 Å². The maximum atomic E-state index is 12.4. The van der Waals surface area contributed by atoms with Gasteiger partial charge in [-0.2, -0.15) is 0 Å². The lowest BCUT2D eigenvalue weighted by atomic mass is 9.95. The van der Waals surface area contributed by atoms with Crippen LogP contribution in [0.2, 0.25) is 0 Å². The number of amides is 1. The molecule has 1 aromatic rings. The number of hydrogen-bond donors (Lipinski definition) is 1. The Hall–Kier alpha value is -1.42. The highest BCUT2D eigenvalue weighted by molar-refractivity contribution is 5.79. The number of carbonyl (C=O) groups excluding carboxylic acids is 1. The molecule has 1 fully saturated rings. The van der Waals surface area contributed by atoms with Crippen molar-refractivity contribution in [1.29, 1.82) is 0 Å². The van der Waals surface area contributed by atoms with Gasteiger partial charge >= 0.3 is 0 Å². The van der Waals surface area contributed by atoms with Gasteiger partial charge in [0.15, 0.2) is 0 Å². The summed E-state index contributed by atoms with van der Waals surface area (Å²) in [6.45, 7) is 1.25. The molecule has 4 heteroatoms. The van der Waals surface area contributed by atoms with Crippen molar-refractivity contribution in [1.82, 2.24) is 9.88 Å². The number of nitrogens with zero attached hydrogens (tertiary/aromatic N) is 2. The normalized spacial score (nSPS) is 23.0. The second-order valence-electron chi connectivity index (χ2n) is 5.09. The van der Waals surface area contributed by atoms with E-state index in [1.165, 1.54) is 0 Å². The summed E-state index contributed by atoms with van der Waals surface area (Å²) in [5.74, 6) is 0.720. The molecule has 1 saturated carbocycles. The first-order valence-electron chi connectivity index (χ1n) is 6.56. The van der Waals surface area contributed by atoms with Crippen molar-refractivity contribution in [3.8, 4) is 0 Å². The average Bonchev–Trinajstić information content (AvgIpc) is 2.87. The molecule has 2 rings (SSSR count). The number of aromatic nitrogens is 1. The van der Waals surface area contributed by atoms with Gasteiger partial charge in [-0.05, 0) is 36.9 Å². The molecule has 0 aromatic carbocycles. The SMILES string of the molecule is CN(Cc1cccnc1)C(=O)[C@@H]1CCC[C@@H]1CN. The summed E-state index contributed by atoms with van der Waals surface area (Å²) in [4.78, 5) is 18.2. The van der Waals surface area contributed by atoms with Crippen molar-refractivity contribution < 1.29 is 4.79 Å². The standard InChI is InChI=1S/C14H21N3O/c1-17(10-11-4-3-7-16-9-11)14(18)13-6-2-5-12(13)8-15/h3-4,7,9,12-13H,2,5-6,8,10,15H2,1H3/t12-,13-/m1/s1. The van der Waals surface area contributed by atoms with Crippen LogP contribution in [0.5, 0.6) is 0 Å². The van der Waals surface area contributed by atoms with Crippen LogP contribution in [0.15, 0.2) is 24.5 Å². The van der Waals surface area contributed by atoms with Crippen molar-refractivity contribution in [2.45, 2.75) is 25.8 Å². The second kappa shape index (κ2) is 5.96. The smallest absolute Gasteiger partial charge is 0.226 e. The first-order chi connectivity index (χ1) is 8.72. The molecule has 2 atom stereocenters. The minimum Gasteiger partial charge on any atom is -0.341 e. The zero-order valence-electron chi connectivity index (χ0n) is 10.9. The van der Waals surface area contributed by atoms with E-state index in [9.17, 15) is 4.79 Å². The van der Waals surface area contributed by atoms with E-state index >= 15 is 0 Å². The first-order valence-corrected chi connectivity index (χ1v) is 6.56. The van der Waals surface area contributed by atoms with Gasteiger partial charge in [0, 0.05) is 31.9 Å². The molecule has 2 N–H and O–H groups in total. The number of hydrogen-bond acceptors (Lipinski definition) is 3. The molecule has 98 valence electrons. The lowest BCUT2D eigenvalue weighted by molar-refractivity contribution is -0.135. The highest BCUT2D eigenvalue weighted by Gasteiger charge is 2.33. The van der Waals surface area contributed by atoms with Gasteiger partial charge in [-0.15, -0.1) is 0 Å². The molecule has 0 bridgehead atoms. The van der Waals surface area contributed by atoms with Gasteiger partial charge in [0.1, 0.15) is 0 Å². The Morgan fingerprint density at radius 1 is 1.56 bits per heavy atom. The summed E-state index contributed by atoms with van der Waals surface area (Å²) < 4.78 is 0. The van der Waals surface area contributed by atoms with Crippen molar-refractivity contribution >= 4 is 5.91 Å². The maximum absolute atomic E-state index is 12.4. The predicted molar refractivity (Wildman–Crippen MR) is 70.6 cm³/mol. The largest absolute Gasteiger partial charge is 0.341 e. The summed E-state index contributed by atoms with van der Waals surface area (Å²) in [7, 11) is 1.86. The van der Waals surface area contributed by atoms with Crippen LogP contribution in [0.4, 0.5) is 0 Å². The van der Waals surface area contributed by atoms with Crippen LogP contribution in [-0.4, -0.2) is 29.4 Å². The van der Waals surface area contributed by atoms with E-state index in [0.29, 0.717) is 19.0 Å². The minimum absolute atomic E-state index is 0.122.